The first-order valence-electron chi connectivity index (χ1n) is 14.0. The first-order chi connectivity index (χ1) is 17.6. The second-order valence-corrected chi connectivity index (χ2v) is 12.0. The quantitative estimate of drug-likeness (QED) is 0.601. The molecule has 3 aromatic rings. The molecule has 4 bridgehead atoms. The van der Waals surface area contributed by atoms with E-state index in [1.54, 1.807) is 0 Å². The van der Waals surface area contributed by atoms with E-state index in [2.05, 4.69) is 26.9 Å². The summed E-state index contributed by atoms with van der Waals surface area (Å²) in [4.78, 5) is 36.3. The highest BCUT2D eigenvalue weighted by Gasteiger charge is 2.47. The van der Waals surface area contributed by atoms with Crippen LogP contribution in [0.2, 0.25) is 0 Å². The van der Waals surface area contributed by atoms with Crippen molar-refractivity contribution in [3.63, 3.8) is 0 Å². The number of para-hydroxylation sites is 2. The third-order valence-electron chi connectivity index (χ3n) is 9.90. The number of aromatic amines is 1. The number of H-pyrrole nitrogens is 1. The molecule has 2 aliphatic heterocycles. The minimum atomic E-state index is -0.440. The van der Waals surface area contributed by atoms with E-state index in [4.69, 9.17) is 0 Å². The number of nitrogens with one attached hydrogen (secondary N) is 1. The number of benzene rings is 1. The van der Waals surface area contributed by atoms with Gasteiger partial charge in [0.2, 0.25) is 5.82 Å². The van der Waals surface area contributed by atoms with Crippen molar-refractivity contribution >= 4 is 11.0 Å². The normalized spacial score (nSPS) is 34.6. The molecule has 8 nitrogen and oxygen atoms in total. The van der Waals surface area contributed by atoms with Gasteiger partial charge in [-0.3, -0.25) is 14.7 Å². The van der Waals surface area contributed by atoms with Crippen LogP contribution < -0.4 is 11.2 Å². The van der Waals surface area contributed by atoms with Crippen LogP contribution in [-0.4, -0.2) is 47.3 Å². The Morgan fingerprint density at radius 1 is 0.889 bits per heavy atom. The Kier molecular flexibility index (Phi) is 5.42. The van der Waals surface area contributed by atoms with Crippen LogP contribution in [0, 0.1) is 17.8 Å². The number of nitrogens with zero attached hydrogens (tertiary/aromatic N) is 5. The zero-order chi connectivity index (χ0) is 24.4. The summed E-state index contributed by atoms with van der Waals surface area (Å²) in [7, 11) is 0. The van der Waals surface area contributed by atoms with Crippen molar-refractivity contribution in [2.75, 3.05) is 0 Å². The highest BCUT2D eigenvalue weighted by atomic mass is 16.2. The Labute approximate surface area is 210 Å². The number of hydrogen-bond acceptors (Lipinski definition) is 5. The topological polar surface area (TPSA) is 88.8 Å². The molecule has 4 aliphatic rings. The van der Waals surface area contributed by atoms with Crippen molar-refractivity contribution < 1.29 is 0 Å². The highest BCUT2D eigenvalue weighted by molar-refractivity contribution is 5.75. The standard InChI is InChI=1S/C28H36N6O2/c1-17-9-10-20-14-22(15-25(17)32(20)21-12-18-5-4-6-19(11-18)13-21)33-24-8-3-2-7-23(24)31-26(27(33)35)34-28(36)29-16-30-34/h2-3,7-8,16-22,25H,4-6,9-15H2,1H3,(H,29,30,36). The average Bonchev–Trinajstić information content (AvgIpc) is 3.30. The molecular weight excluding hydrogens is 452 g/mol. The number of fused-ring (bicyclic) bond motifs is 5. The summed E-state index contributed by atoms with van der Waals surface area (Å²) in [6.45, 7) is 2.42. The largest absolute Gasteiger partial charge is 0.349 e. The maximum absolute atomic E-state index is 13.9. The Balaban J connectivity index is 1.29. The summed E-state index contributed by atoms with van der Waals surface area (Å²) in [5, 5.41) is 4.07. The predicted octanol–water partition coefficient (Wildman–Crippen LogP) is 4.04. The van der Waals surface area contributed by atoms with E-state index in [-0.39, 0.29) is 17.4 Å². The van der Waals surface area contributed by atoms with Crippen LogP contribution in [0.15, 0.2) is 40.2 Å². The van der Waals surface area contributed by atoms with Gasteiger partial charge in [-0.2, -0.15) is 9.78 Å². The minimum absolute atomic E-state index is 0.0840. The van der Waals surface area contributed by atoms with Crippen LogP contribution in [0.3, 0.4) is 0 Å². The lowest BCUT2D eigenvalue weighted by atomic mass is 9.67. The Morgan fingerprint density at radius 2 is 1.69 bits per heavy atom. The molecule has 6 atom stereocenters. The van der Waals surface area contributed by atoms with Gasteiger partial charge in [-0.1, -0.05) is 38.3 Å². The molecule has 2 aliphatic carbocycles. The zero-order valence-corrected chi connectivity index (χ0v) is 21.1. The predicted molar refractivity (Wildman–Crippen MR) is 138 cm³/mol. The molecule has 0 radical (unpaired) electrons. The second-order valence-electron chi connectivity index (χ2n) is 12.0. The summed E-state index contributed by atoms with van der Waals surface area (Å²) < 4.78 is 3.05. The van der Waals surface area contributed by atoms with E-state index in [1.807, 2.05) is 28.8 Å². The molecule has 6 unspecified atom stereocenters. The van der Waals surface area contributed by atoms with E-state index in [0.717, 1.165) is 40.4 Å². The Bertz CT molecular complexity index is 1380. The molecule has 4 fully saturated rings. The number of rotatable bonds is 3. The van der Waals surface area contributed by atoms with Gasteiger partial charge in [-0.15, -0.1) is 0 Å². The molecule has 1 N–H and O–H groups in total. The molecule has 2 saturated carbocycles. The molecule has 2 aromatic heterocycles. The summed E-state index contributed by atoms with van der Waals surface area (Å²) in [6.07, 6.45) is 14.2. The summed E-state index contributed by atoms with van der Waals surface area (Å²) in [6, 6.07) is 9.64. The fourth-order valence-electron chi connectivity index (χ4n) is 8.41. The number of aromatic nitrogens is 5. The van der Waals surface area contributed by atoms with Crippen molar-refractivity contribution in [3.8, 4) is 5.82 Å². The maximum Gasteiger partial charge on any atom is 0.349 e. The minimum Gasteiger partial charge on any atom is -0.300 e. The van der Waals surface area contributed by atoms with Crippen LogP contribution in [0.4, 0.5) is 0 Å². The molecular formula is C28H36N6O2. The highest BCUT2D eigenvalue weighted by Crippen LogP contribution is 2.48. The van der Waals surface area contributed by atoms with Crippen molar-refractivity contribution in [1.29, 1.82) is 0 Å². The molecule has 7 rings (SSSR count). The Hall–Kier alpha value is -2.74. The van der Waals surface area contributed by atoms with Crippen LogP contribution >= 0.6 is 0 Å². The monoisotopic (exact) mass is 488 g/mol. The van der Waals surface area contributed by atoms with Crippen LogP contribution in [0.5, 0.6) is 0 Å². The lowest BCUT2D eigenvalue weighted by molar-refractivity contribution is -0.0693. The van der Waals surface area contributed by atoms with Crippen molar-refractivity contribution in [2.45, 2.75) is 95.3 Å². The maximum atomic E-state index is 13.9. The first-order valence-corrected chi connectivity index (χ1v) is 14.0. The van der Waals surface area contributed by atoms with Crippen molar-refractivity contribution in [1.82, 2.24) is 29.2 Å². The first kappa shape index (κ1) is 22.5. The summed E-state index contributed by atoms with van der Waals surface area (Å²) in [5.74, 6) is 2.54. The van der Waals surface area contributed by atoms with Gasteiger partial charge in [-0.25, -0.2) is 9.78 Å². The average molecular weight is 489 g/mol. The van der Waals surface area contributed by atoms with Gasteiger partial charge in [0.1, 0.15) is 6.33 Å². The molecule has 8 heteroatoms. The molecule has 1 aromatic carbocycles. The summed E-state index contributed by atoms with van der Waals surface area (Å²) >= 11 is 0. The number of piperidine rings is 2. The van der Waals surface area contributed by atoms with Crippen LogP contribution in [0.1, 0.15) is 77.2 Å². The molecule has 0 amide bonds. The molecule has 2 saturated heterocycles. The van der Waals surface area contributed by atoms with Gasteiger partial charge in [0, 0.05) is 24.2 Å². The fourth-order valence-corrected chi connectivity index (χ4v) is 8.41. The lowest BCUT2D eigenvalue weighted by Gasteiger charge is -2.57. The van der Waals surface area contributed by atoms with E-state index in [0.29, 0.717) is 24.0 Å². The zero-order valence-electron chi connectivity index (χ0n) is 21.1. The van der Waals surface area contributed by atoms with Crippen LogP contribution in [-0.2, 0) is 0 Å². The lowest BCUT2D eigenvalue weighted by Crippen LogP contribution is -2.61. The van der Waals surface area contributed by atoms with Gasteiger partial charge < -0.3 is 4.57 Å². The molecule has 190 valence electrons. The second kappa shape index (κ2) is 8.68. The SMILES string of the molecule is CC1CCC2CC(n3c(=O)c(-n4nc[nH]c4=O)nc4ccccc43)CC1N2C1CC2CCCC(C2)C1. The Morgan fingerprint density at radius 3 is 2.47 bits per heavy atom. The van der Waals surface area contributed by atoms with Gasteiger partial charge in [0.25, 0.3) is 5.56 Å². The third kappa shape index (κ3) is 3.59. The van der Waals surface area contributed by atoms with Gasteiger partial charge >= 0.3 is 5.69 Å². The van der Waals surface area contributed by atoms with E-state index >= 15 is 0 Å². The van der Waals surface area contributed by atoms with E-state index in [1.165, 1.54) is 57.7 Å². The van der Waals surface area contributed by atoms with Crippen molar-refractivity contribution in [2.24, 2.45) is 17.8 Å². The fraction of sp³-hybridized carbons (Fsp3) is 0.643. The molecule has 4 heterocycles. The molecule has 0 spiro atoms. The van der Waals surface area contributed by atoms with Crippen molar-refractivity contribution in [3.05, 3.63) is 51.4 Å². The van der Waals surface area contributed by atoms with E-state index < -0.39 is 5.69 Å². The van der Waals surface area contributed by atoms with Crippen LogP contribution in [0.25, 0.3) is 16.9 Å². The molecule has 36 heavy (non-hydrogen) atoms. The summed E-state index contributed by atoms with van der Waals surface area (Å²) in [5.41, 5.74) is 0.915. The van der Waals surface area contributed by atoms with Gasteiger partial charge in [0.15, 0.2) is 0 Å². The number of hydrogen-bond donors (Lipinski definition) is 1. The third-order valence-corrected chi connectivity index (χ3v) is 9.90. The van der Waals surface area contributed by atoms with Gasteiger partial charge in [0.05, 0.1) is 11.0 Å². The van der Waals surface area contributed by atoms with E-state index in [9.17, 15) is 9.59 Å². The smallest absolute Gasteiger partial charge is 0.300 e. The van der Waals surface area contributed by atoms with Gasteiger partial charge in [-0.05, 0) is 74.8 Å².